The predicted octanol–water partition coefficient (Wildman–Crippen LogP) is 3.15. The van der Waals surface area contributed by atoms with E-state index in [9.17, 15) is 8.42 Å². The van der Waals surface area contributed by atoms with Gasteiger partial charge in [0.2, 0.25) is 0 Å². The molecule has 6 rings (SSSR count). The second-order valence-electron chi connectivity index (χ2n) is 11.4. The van der Waals surface area contributed by atoms with Gasteiger partial charge >= 0.3 is 0 Å². The van der Waals surface area contributed by atoms with Crippen molar-refractivity contribution in [1.82, 2.24) is 20.2 Å². The van der Waals surface area contributed by atoms with Gasteiger partial charge in [-0.1, -0.05) is 6.07 Å². The molecule has 2 atom stereocenters. The van der Waals surface area contributed by atoms with Gasteiger partial charge in [0.15, 0.2) is 9.84 Å². The number of sulfone groups is 1. The highest BCUT2D eigenvalue weighted by Gasteiger charge is 2.37. The number of piperidine rings is 1. The van der Waals surface area contributed by atoms with Crippen LogP contribution in [0.4, 0.5) is 17.3 Å². The van der Waals surface area contributed by atoms with Crippen LogP contribution in [0.15, 0.2) is 18.5 Å². The van der Waals surface area contributed by atoms with Gasteiger partial charge in [-0.15, -0.1) is 0 Å². The average Bonchev–Trinajstić information content (AvgIpc) is 3.27. The van der Waals surface area contributed by atoms with Crippen LogP contribution in [0.1, 0.15) is 61.8 Å². The fourth-order valence-electron chi connectivity index (χ4n) is 6.51. The van der Waals surface area contributed by atoms with Gasteiger partial charge in [0, 0.05) is 25.2 Å². The predicted molar refractivity (Wildman–Crippen MR) is 146 cm³/mol. The van der Waals surface area contributed by atoms with Crippen LogP contribution in [0, 0.1) is 6.92 Å². The summed E-state index contributed by atoms with van der Waals surface area (Å²) in [6.45, 7) is 11.9. The third-order valence-corrected chi connectivity index (χ3v) is 10.4. The fourth-order valence-corrected chi connectivity index (χ4v) is 7.71. The molecule has 0 bridgehead atoms. The molecular formula is C27H38N6O3S. The molecule has 0 radical (unpaired) electrons. The lowest BCUT2D eigenvalue weighted by atomic mass is 9.85. The van der Waals surface area contributed by atoms with Gasteiger partial charge in [-0.3, -0.25) is 4.90 Å². The van der Waals surface area contributed by atoms with Crippen molar-refractivity contribution in [2.24, 2.45) is 0 Å². The van der Waals surface area contributed by atoms with E-state index in [1.807, 2.05) is 11.8 Å². The molecule has 2 aromatic rings. The Balaban J connectivity index is 1.25. The van der Waals surface area contributed by atoms with Crippen LogP contribution in [-0.4, -0.2) is 79.6 Å². The van der Waals surface area contributed by atoms with Gasteiger partial charge in [0.25, 0.3) is 0 Å². The van der Waals surface area contributed by atoms with Gasteiger partial charge in [-0.25, -0.2) is 18.4 Å². The van der Waals surface area contributed by atoms with Crippen molar-refractivity contribution < 1.29 is 13.2 Å². The van der Waals surface area contributed by atoms with E-state index in [-0.39, 0.29) is 17.6 Å². The highest BCUT2D eigenvalue weighted by Crippen LogP contribution is 2.45. The number of aryl methyl sites for hydroxylation is 1. The lowest BCUT2D eigenvalue weighted by Gasteiger charge is -2.42. The van der Waals surface area contributed by atoms with Gasteiger partial charge in [0.05, 0.1) is 22.8 Å². The van der Waals surface area contributed by atoms with Crippen LogP contribution in [0.25, 0.3) is 0 Å². The van der Waals surface area contributed by atoms with Crippen LogP contribution in [0.5, 0.6) is 5.75 Å². The first-order valence-electron chi connectivity index (χ1n) is 13.6. The molecule has 200 valence electrons. The number of likely N-dealkylation sites (tertiary alicyclic amines) is 1. The summed E-state index contributed by atoms with van der Waals surface area (Å²) in [7, 11) is -2.98. The molecule has 0 unspecified atom stereocenters. The molecule has 1 aromatic heterocycles. The summed E-state index contributed by atoms with van der Waals surface area (Å²) in [6, 6.07) is 4.54. The van der Waals surface area contributed by atoms with Crippen LogP contribution >= 0.6 is 0 Å². The van der Waals surface area contributed by atoms with Gasteiger partial charge in [-0.2, -0.15) is 0 Å². The zero-order valence-corrected chi connectivity index (χ0v) is 22.9. The maximum absolute atomic E-state index is 12.0. The SMILES string of the molecule is Cc1cc(C2CCN([C@]3(C)CCNC3)CC2)cc2c1O[C@H](C)c1c(ncnc1N1CCS(=O)(=O)CC1)N2. The molecule has 0 spiro atoms. The van der Waals surface area contributed by atoms with Crippen LogP contribution in [-0.2, 0) is 9.84 Å². The smallest absolute Gasteiger partial charge is 0.153 e. The van der Waals surface area contributed by atoms with Crippen molar-refractivity contribution in [3.05, 3.63) is 35.2 Å². The number of benzene rings is 1. The third kappa shape index (κ3) is 4.68. The van der Waals surface area contributed by atoms with Crippen LogP contribution in [0.2, 0.25) is 0 Å². The zero-order valence-electron chi connectivity index (χ0n) is 22.1. The number of rotatable bonds is 3. The lowest BCUT2D eigenvalue weighted by molar-refractivity contribution is 0.0887. The Labute approximate surface area is 219 Å². The molecule has 10 heteroatoms. The topological polar surface area (TPSA) is 99.7 Å². The molecule has 3 saturated heterocycles. The summed E-state index contributed by atoms with van der Waals surface area (Å²) in [4.78, 5) is 13.9. The molecule has 37 heavy (non-hydrogen) atoms. The minimum atomic E-state index is -2.98. The summed E-state index contributed by atoms with van der Waals surface area (Å²) in [6.07, 6.45) is 4.84. The summed E-state index contributed by atoms with van der Waals surface area (Å²) in [5.74, 6) is 3.16. The Morgan fingerprint density at radius 2 is 1.86 bits per heavy atom. The van der Waals surface area contributed by atoms with Crippen molar-refractivity contribution in [2.45, 2.75) is 57.6 Å². The number of nitrogens with zero attached hydrogens (tertiary/aromatic N) is 4. The minimum absolute atomic E-state index is 0.144. The van der Waals surface area contributed by atoms with Crippen molar-refractivity contribution >= 4 is 27.2 Å². The first kappa shape index (κ1) is 24.9. The van der Waals surface area contributed by atoms with Crippen molar-refractivity contribution in [3.63, 3.8) is 0 Å². The number of aromatic nitrogens is 2. The van der Waals surface area contributed by atoms with E-state index in [1.165, 1.54) is 12.0 Å². The Kier molecular flexibility index (Phi) is 6.32. The van der Waals surface area contributed by atoms with Gasteiger partial charge in [-0.05, 0) is 82.8 Å². The molecule has 2 N–H and O–H groups in total. The van der Waals surface area contributed by atoms with E-state index in [0.29, 0.717) is 24.5 Å². The lowest BCUT2D eigenvalue weighted by Crippen LogP contribution is -2.51. The highest BCUT2D eigenvalue weighted by molar-refractivity contribution is 7.91. The van der Waals surface area contributed by atoms with Crippen molar-refractivity contribution in [2.75, 3.05) is 61.0 Å². The van der Waals surface area contributed by atoms with Crippen LogP contribution in [0.3, 0.4) is 0 Å². The van der Waals surface area contributed by atoms with E-state index < -0.39 is 9.84 Å². The summed E-state index contributed by atoms with van der Waals surface area (Å²) >= 11 is 0. The highest BCUT2D eigenvalue weighted by atomic mass is 32.2. The zero-order chi connectivity index (χ0) is 25.8. The maximum atomic E-state index is 12.0. The molecule has 4 aliphatic heterocycles. The van der Waals surface area contributed by atoms with E-state index in [0.717, 1.165) is 73.2 Å². The normalized spacial score (nSPS) is 28.1. The molecule has 0 aliphatic carbocycles. The number of ether oxygens (including phenoxy) is 1. The van der Waals surface area contributed by atoms with Gasteiger partial charge in [0.1, 0.15) is 29.8 Å². The fraction of sp³-hybridized carbons (Fsp3) is 0.630. The number of hydrogen-bond donors (Lipinski definition) is 2. The van der Waals surface area contributed by atoms with E-state index in [2.05, 4.69) is 51.5 Å². The van der Waals surface area contributed by atoms with Crippen molar-refractivity contribution in [3.8, 4) is 5.75 Å². The Bertz CT molecular complexity index is 1270. The minimum Gasteiger partial charge on any atom is -0.483 e. The van der Waals surface area contributed by atoms with E-state index in [4.69, 9.17) is 4.74 Å². The second kappa shape index (κ2) is 9.39. The maximum Gasteiger partial charge on any atom is 0.153 e. The Morgan fingerprint density at radius 1 is 1.11 bits per heavy atom. The molecule has 1 aromatic carbocycles. The molecule has 9 nitrogen and oxygen atoms in total. The molecule has 0 saturated carbocycles. The van der Waals surface area contributed by atoms with E-state index >= 15 is 0 Å². The molecule has 3 fully saturated rings. The molecule has 4 aliphatic rings. The second-order valence-corrected chi connectivity index (χ2v) is 13.7. The largest absolute Gasteiger partial charge is 0.483 e. The number of fused-ring (bicyclic) bond motifs is 2. The third-order valence-electron chi connectivity index (χ3n) is 8.83. The first-order valence-corrected chi connectivity index (χ1v) is 15.4. The summed E-state index contributed by atoms with van der Waals surface area (Å²) in [5, 5.41) is 7.11. The van der Waals surface area contributed by atoms with Gasteiger partial charge < -0.3 is 20.3 Å². The molecular weight excluding hydrogens is 488 g/mol. The quantitative estimate of drug-likeness (QED) is 0.625. The molecule has 0 amide bonds. The number of anilines is 3. The standard InChI is InChI=1S/C27H38N6O3S/c1-18-14-21(20-4-8-33(9-5-20)27(3)6-7-28-16-27)15-22-24(18)36-19(2)23-25(31-22)29-17-30-26(23)32-10-12-37(34,35)13-11-32/h14-15,17,19-20,28H,4-13,16H2,1-3H3,(H,29,30,31)/t19-,27-/m1/s1. The van der Waals surface area contributed by atoms with E-state index in [1.54, 1.807) is 6.33 Å². The Morgan fingerprint density at radius 3 is 2.57 bits per heavy atom. The summed E-state index contributed by atoms with van der Waals surface area (Å²) < 4.78 is 30.5. The Hall–Kier alpha value is -2.43. The monoisotopic (exact) mass is 526 g/mol. The van der Waals surface area contributed by atoms with Crippen LogP contribution < -0.4 is 20.3 Å². The summed E-state index contributed by atoms with van der Waals surface area (Å²) in [5.41, 5.74) is 4.59. The average molecular weight is 527 g/mol. The number of nitrogens with one attached hydrogen (secondary N) is 2. The number of hydrogen-bond acceptors (Lipinski definition) is 9. The molecule has 5 heterocycles. The first-order chi connectivity index (χ1) is 17.7. The van der Waals surface area contributed by atoms with Crippen molar-refractivity contribution in [1.29, 1.82) is 0 Å².